The van der Waals surface area contributed by atoms with Gasteiger partial charge in [-0.2, -0.15) is 28.6 Å². The number of aromatic nitrogens is 3. The fourth-order valence-electron chi connectivity index (χ4n) is 4.11. The highest BCUT2D eigenvalue weighted by atomic mass is 19.4. The van der Waals surface area contributed by atoms with Gasteiger partial charge in [0.25, 0.3) is 5.91 Å². The van der Waals surface area contributed by atoms with E-state index in [1.54, 1.807) is 34.2 Å². The Kier molecular flexibility index (Phi) is 4.99. The summed E-state index contributed by atoms with van der Waals surface area (Å²) in [4.78, 5) is 28.7. The first-order chi connectivity index (χ1) is 15.8. The van der Waals surface area contributed by atoms with Crippen LogP contribution in [0.2, 0.25) is 0 Å². The molecule has 168 valence electrons. The molecule has 5 rings (SSSR count). The van der Waals surface area contributed by atoms with Crippen molar-refractivity contribution in [3.8, 4) is 0 Å². The molecule has 1 fully saturated rings. The molecule has 33 heavy (non-hydrogen) atoms. The van der Waals surface area contributed by atoms with Crippen LogP contribution in [-0.4, -0.2) is 56.7 Å². The molecule has 0 radical (unpaired) electrons. The van der Waals surface area contributed by atoms with Crippen LogP contribution < -0.4 is 0 Å². The number of nitrogens with zero attached hydrogens (tertiary/aromatic N) is 4. The van der Waals surface area contributed by atoms with Crippen LogP contribution in [0.4, 0.5) is 13.2 Å². The predicted octanol–water partition coefficient (Wildman–Crippen LogP) is 3.49. The summed E-state index contributed by atoms with van der Waals surface area (Å²) in [7, 11) is 0. The van der Waals surface area contributed by atoms with Gasteiger partial charge in [0.2, 0.25) is 5.91 Å². The normalized spacial score (nSPS) is 18.3. The number of rotatable bonds is 3. The lowest BCUT2D eigenvalue weighted by Crippen LogP contribution is -2.32. The van der Waals surface area contributed by atoms with Crippen molar-refractivity contribution in [2.75, 3.05) is 19.6 Å². The van der Waals surface area contributed by atoms with Crippen molar-refractivity contribution in [2.45, 2.75) is 6.18 Å². The van der Waals surface area contributed by atoms with Crippen LogP contribution in [0.25, 0.3) is 17.1 Å². The molecule has 0 spiro atoms. The molecule has 1 atom stereocenters. The lowest BCUT2D eigenvalue weighted by atomic mass is 10.1. The van der Waals surface area contributed by atoms with Crippen molar-refractivity contribution in [3.63, 3.8) is 0 Å². The summed E-state index contributed by atoms with van der Waals surface area (Å²) in [5.74, 6) is -0.297. The van der Waals surface area contributed by atoms with E-state index >= 15 is 0 Å². The average Bonchev–Trinajstić information content (AvgIpc) is 3.50. The zero-order chi connectivity index (χ0) is 23.2. The molecular formula is C23H18F3N5O2. The highest BCUT2D eigenvalue weighted by molar-refractivity contribution is 5.98. The molecule has 1 saturated heterocycles. The minimum Gasteiger partial charge on any atom is -0.334 e. The van der Waals surface area contributed by atoms with Crippen molar-refractivity contribution in [1.29, 1.82) is 0 Å². The molecule has 10 heteroatoms. The topological polar surface area (TPSA) is 82.2 Å². The summed E-state index contributed by atoms with van der Waals surface area (Å²) < 4.78 is 38.0. The number of nitrogens with one attached hydrogen (secondary N) is 1. The van der Waals surface area contributed by atoms with Gasteiger partial charge in [-0.1, -0.05) is 12.1 Å². The standard InChI is InChI=1S/C23H18F3N5O2/c24-23(25,26)18-5-1-14(2-6-18)3-8-21(32)30-10-16-12-31(13-17(16)11-30)22(33)15-4-7-19-20(9-15)28-29-27-19/h1-9,12,17H,10-11,13H2,(H,27,28,29)/t17-/m1/s1. The summed E-state index contributed by atoms with van der Waals surface area (Å²) in [6, 6.07) is 9.76. The Labute approximate surface area is 186 Å². The second-order valence-corrected chi connectivity index (χ2v) is 8.06. The van der Waals surface area contributed by atoms with E-state index in [4.69, 9.17) is 0 Å². The van der Waals surface area contributed by atoms with Crippen LogP contribution >= 0.6 is 0 Å². The van der Waals surface area contributed by atoms with Crippen molar-refractivity contribution in [2.24, 2.45) is 5.92 Å². The fourth-order valence-corrected chi connectivity index (χ4v) is 4.11. The van der Waals surface area contributed by atoms with E-state index in [1.165, 1.54) is 24.3 Å². The Morgan fingerprint density at radius 2 is 1.79 bits per heavy atom. The first-order valence-corrected chi connectivity index (χ1v) is 10.2. The van der Waals surface area contributed by atoms with Crippen LogP contribution in [-0.2, 0) is 11.0 Å². The highest BCUT2D eigenvalue weighted by Crippen LogP contribution is 2.31. The molecule has 1 N–H and O–H groups in total. The first-order valence-electron chi connectivity index (χ1n) is 10.2. The smallest absolute Gasteiger partial charge is 0.334 e. The number of alkyl halides is 3. The number of likely N-dealkylation sites (tertiary alicyclic amines) is 1. The molecule has 2 amide bonds. The van der Waals surface area contributed by atoms with Crippen LogP contribution in [0.1, 0.15) is 21.5 Å². The number of carbonyl (C=O) groups excluding carboxylic acids is 2. The van der Waals surface area contributed by atoms with Crippen LogP contribution in [0.5, 0.6) is 0 Å². The Balaban J connectivity index is 1.21. The Morgan fingerprint density at radius 3 is 2.52 bits per heavy atom. The summed E-state index contributed by atoms with van der Waals surface area (Å²) >= 11 is 0. The molecule has 0 bridgehead atoms. The lowest BCUT2D eigenvalue weighted by Gasteiger charge is -2.19. The quantitative estimate of drug-likeness (QED) is 0.616. The van der Waals surface area contributed by atoms with Gasteiger partial charge < -0.3 is 9.80 Å². The maximum atomic E-state index is 12.9. The van der Waals surface area contributed by atoms with E-state index in [0.717, 1.165) is 17.7 Å². The van der Waals surface area contributed by atoms with Gasteiger partial charge in [-0.3, -0.25) is 9.59 Å². The molecule has 0 saturated carbocycles. The number of hydrogen-bond acceptors (Lipinski definition) is 4. The zero-order valence-electron chi connectivity index (χ0n) is 17.2. The largest absolute Gasteiger partial charge is 0.416 e. The average molecular weight is 453 g/mol. The van der Waals surface area contributed by atoms with E-state index in [2.05, 4.69) is 15.4 Å². The molecule has 7 nitrogen and oxygen atoms in total. The molecule has 1 aromatic heterocycles. The maximum Gasteiger partial charge on any atom is 0.416 e. The van der Waals surface area contributed by atoms with Crippen LogP contribution in [0, 0.1) is 5.92 Å². The van der Waals surface area contributed by atoms with E-state index in [1.807, 2.05) is 0 Å². The second kappa shape index (κ2) is 7.88. The second-order valence-electron chi connectivity index (χ2n) is 8.06. The summed E-state index contributed by atoms with van der Waals surface area (Å²) in [6.45, 7) is 1.37. The van der Waals surface area contributed by atoms with Crippen molar-refractivity contribution < 1.29 is 22.8 Å². The summed E-state index contributed by atoms with van der Waals surface area (Å²) in [5.41, 5.74) is 2.59. The van der Waals surface area contributed by atoms with Gasteiger partial charge in [0.15, 0.2) is 0 Å². The number of carbonyl (C=O) groups is 2. The Bertz CT molecular complexity index is 1290. The Hall–Kier alpha value is -3.95. The number of amides is 2. The molecule has 3 heterocycles. The molecule has 0 unspecified atom stereocenters. The van der Waals surface area contributed by atoms with Gasteiger partial charge in [-0.05, 0) is 47.5 Å². The van der Waals surface area contributed by atoms with E-state index in [9.17, 15) is 22.8 Å². The van der Waals surface area contributed by atoms with Gasteiger partial charge in [-0.15, -0.1) is 0 Å². The number of fused-ring (bicyclic) bond motifs is 2. The van der Waals surface area contributed by atoms with Crippen LogP contribution in [0.15, 0.2) is 60.3 Å². The van der Waals surface area contributed by atoms with Gasteiger partial charge >= 0.3 is 6.18 Å². The number of halogens is 3. The number of benzene rings is 2. The van der Waals surface area contributed by atoms with E-state index in [-0.39, 0.29) is 17.7 Å². The minimum absolute atomic E-state index is 0.0631. The molecule has 2 aromatic carbocycles. The minimum atomic E-state index is -4.39. The lowest BCUT2D eigenvalue weighted by molar-refractivity contribution is -0.137. The highest BCUT2D eigenvalue weighted by Gasteiger charge is 2.37. The number of hydrogen-bond donors (Lipinski definition) is 1. The van der Waals surface area contributed by atoms with Gasteiger partial charge in [0.05, 0.1) is 5.56 Å². The van der Waals surface area contributed by atoms with Crippen LogP contribution in [0.3, 0.4) is 0 Å². The fraction of sp³-hybridized carbons (Fsp3) is 0.217. The maximum absolute atomic E-state index is 12.9. The molecule has 2 aliphatic rings. The number of aromatic amines is 1. The third-order valence-electron chi connectivity index (χ3n) is 5.87. The van der Waals surface area contributed by atoms with Gasteiger partial charge in [0.1, 0.15) is 11.0 Å². The van der Waals surface area contributed by atoms with Crippen molar-refractivity contribution >= 4 is 28.9 Å². The van der Waals surface area contributed by atoms with Crippen molar-refractivity contribution in [3.05, 3.63) is 77.0 Å². The third kappa shape index (κ3) is 4.11. The third-order valence-corrected chi connectivity index (χ3v) is 5.87. The van der Waals surface area contributed by atoms with E-state index in [0.29, 0.717) is 41.8 Å². The predicted molar refractivity (Wildman–Crippen MR) is 114 cm³/mol. The van der Waals surface area contributed by atoms with Gasteiger partial charge in [-0.25, -0.2) is 0 Å². The van der Waals surface area contributed by atoms with E-state index < -0.39 is 11.7 Å². The molecule has 3 aromatic rings. The summed E-state index contributed by atoms with van der Waals surface area (Å²) in [5, 5.41) is 10.5. The first kappa shape index (κ1) is 20.9. The Morgan fingerprint density at radius 1 is 1.03 bits per heavy atom. The molecule has 2 aliphatic heterocycles. The van der Waals surface area contributed by atoms with Gasteiger partial charge in [0, 0.05) is 43.4 Å². The zero-order valence-corrected chi connectivity index (χ0v) is 17.2. The monoisotopic (exact) mass is 453 g/mol. The SMILES string of the molecule is O=C(c1ccc2n[nH]nc2c1)N1C=C2CN(C(=O)C=Cc3ccc(C(F)(F)F)cc3)C[C@@H]2C1. The van der Waals surface area contributed by atoms with Crippen molar-refractivity contribution in [1.82, 2.24) is 25.2 Å². The summed E-state index contributed by atoms with van der Waals surface area (Å²) in [6.07, 6.45) is 0.269. The molecular weight excluding hydrogens is 435 g/mol. The molecule has 0 aliphatic carbocycles. The number of H-pyrrole nitrogens is 1.